The van der Waals surface area contributed by atoms with E-state index in [2.05, 4.69) is 15.5 Å². The van der Waals surface area contributed by atoms with Crippen LogP contribution in [0.3, 0.4) is 0 Å². The second kappa shape index (κ2) is 5.76. The van der Waals surface area contributed by atoms with Gasteiger partial charge in [0.1, 0.15) is 11.6 Å². The molecule has 1 N–H and O–H groups in total. The molecule has 9 heteroatoms. The summed E-state index contributed by atoms with van der Waals surface area (Å²) in [5, 5.41) is 5.72. The van der Waals surface area contributed by atoms with Gasteiger partial charge in [-0.15, -0.1) is 11.3 Å². The third kappa shape index (κ3) is 3.75. The summed E-state index contributed by atoms with van der Waals surface area (Å²) in [6, 6.07) is 0.542. The van der Waals surface area contributed by atoms with Crippen LogP contribution in [0.5, 0.6) is 0 Å². The minimum atomic E-state index is -4.90. The Morgan fingerprint density at radius 1 is 1.24 bits per heavy atom. The summed E-state index contributed by atoms with van der Waals surface area (Å²) in [6.45, 7) is 1.75. The number of halogens is 5. The normalized spacial score (nSPS) is 12.1. The lowest BCUT2D eigenvalue weighted by Crippen LogP contribution is -2.10. The van der Waals surface area contributed by atoms with E-state index in [9.17, 15) is 22.0 Å². The molecule has 0 aliphatic rings. The van der Waals surface area contributed by atoms with Crippen molar-refractivity contribution < 1.29 is 22.0 Å². The summed E-state index contributed by atoms with van der Waals surface area (Å²) in [5.41, 5.74) is 1.16. The smallest absolute Gasteiger partial charge is 0.253 e. The van der Waals surface area contributed by atoms with Gasteiger partial charge in [-0.25, -0.2) is 13.8 Å². The second-order valence-corrected chi connectivity index (χ2v) is 4.87. The third-order valence-electron chi connectivity index (χ3n) is 2.37. The fraction of sp³-hybridized carbons (Fsp3) is 0.167. The van der Waals surface area contributed by atoms with E-state index in [1.807, 2.05) is 0 Å². The highest BCUT2D eigenvalue weighted by Crippen LogP contribution is 2.32. The van der Waals surface area contributed by atoms with Crippen LogP contribution in [-0.4, -0.2) is 11.2 Å². The highest BCUT2D eigenvalue weighted by atomic mass is 32.1. The van der Waals surface area contributed by atoms with Gasteiger partial charge in [0.15, 0.2) is 0 Å². The van der Waals surface area contributed by atoms with Crippen LogP contribution in [0.25, 0.3) is 0 Å². The quantitative estimate of drug-likeness (QED) is 0.523. The zero-order chi connectivity index (χ0) is 15.6. The van der Waals surface area contributed by atoms with Crippen molar-refractivity contribution >= 4 is 22.7 Å². The second-order valence-electron chi connectivity index (χ2n) is 4.02. The van der Waals surface area contributed by atoms with Crippen LogP contribution in [0.1, 0.15) is 16.8 Å². The number of alkyl halides is 3. The summed E-state index contributed by atoms with van der Waals surface area (Å²) in [5.74, 6) is -2.80. The number of hydrogen-bond donors (Lipinski definition) is 1. The Bertz CT molecular complexity index is 678. The molecule has 112 valence electrons. The molecule has 2 aromatic rings. The number of anilines is 1. The molecule has 0 radical (unpaired) electrons. The standard InChI is InChI=1S/C12H8F5N3S/c1-6-5-21-11(19-6)20-18-4-7-2-8(12(15,16)17)10(14)3-9(7)13/h2-5H,1H3,(H,19,20). The van der Waals surface area contributed by atoms with E-state index in [-0.39, 0.29) is 6.07 Å². The first-order chi connectivity index (χ1) is 9.77. The van der Waals surface area contributed by atoms with Gasteiger partial charge in [-0.05, 0) is 13.0 Å². The van der Waals surface area contributed by atoms with Crippen molar-refractivity contribution in [3.63, 3.8) is 0 Å². The van der Waals surface area contributed by atoms with E-state index in [0.29, 0.717) is 11.2 Å². The zero-order valence-electron chi connectivity index (χ0n) is 10.5. The van der Waals surface area contributed by atoms with Crippen molar-refractivity contribution in [2.24, 2.45) is 5.10 Å². The Kier molecular flexibility index (Phi) is 4.21. The topological polar surface area (TPSA) is 37.3 Å². The van der Waals surface area contributed by atoms with E-state index in [1.165, 1.54) is 11.3 Å². The van der Waals surface area contributed by atoms with Crippen molar-refractivity contribution in [3.8, 4) is 0 Å². The average molecular weight is 321 g/mol. The van der Waals surface area contributed by atoms with Gasteiger partial charge in [-0.1, -0.05) is 0 Å². The number of hydrogen-bond acceptors (Lipinski definition) is 4. The summed E-state index contributed by atoms with van der Waals surface area (Å²) >= 11 is 1.23. The van der Waals surface area contributed by atoms with Crippen LogP contribution in [0.4, 0.5) is 27.1 Å². The first kappa shape index (κ1) is 15.4. The van der Waals surface area contributed by atoms with E-state index in [4.69, 9.17) is 0 Å². The number of rotatable bonds is 3. The first-order valence-electron chi connectivity index (χ1n) is 5.55. The first-order valence-corrected chi connectivity index (χ1v) is 6.43. The predicted octanol–water partition coefficient (Wildman–Crippen LogP) is 4.19. The number of benzene rings is 1. The molecule has 0 saturated carbocycles. The Labute approximate surface area is 120 Å². The van der Waals surface area contributed by atoms with Crippen LogP contribution < -0.4 is 5.43 Å². The molecule has 0 aliphatic carbocycles. The van der Waals surface area contributed by atoms with Gasteiger partial charge in [0, 0.05) is 17.0 Å². The summed E-state index contributed by atoms with van der Waals surface area (Å²) in [4.78, 5) is 4.00. The SMILES string of the molecule is Cc1csc(NN=Cc2cc(C(F)(F)F)c(F)cc2F)n1. The van der Waals surface area contributed by atoms with Gasteiger partial charge >= 0.3 is 6.18 Å². The summed E-state index contributed by atoms with van der Waals surface area (Å²) in [6.07, 6.45) is -4.07. The fourth-order valence-corrected chi connectivity index (χ4v) is 2.08. The molecule has 0 atom stereocenters. The van der Waals surface area contributed by atoms with Gasteiger partial charge in [0.05, 0.1) is 17.5 Å². The molecule has 0 aliphatic heterocycles. The Morgan fingerprint density at radius 2 is 1.95 bits per heavy atom. The lowest BCUT2D eigenvalue weighted by molar-refractivity contribution is -0.140. The third-order valence-corrected chi connectivity index (χ3v) is 3.24. The van der Waals surface area contributed by atoms with Crippen molar-refractivity contribution in [2.45, 2.75) is 13.1 Å². The molecule has 0 fully saturated rings. The molecule has 0 saturated heterocycles. The molecule has 2 rings (SSSR count). The number of nitrogens with one attached hydrogen (secondary N) is 1. The zero-order valence-corrected chi connectivity index (χ0v) is 11.3. The van der Waals surface area contributed by atoms with Gasteiger partial charge in [-0.2, -0.15) is 18.3 Å². The van der Waals surface area contributed by atoms with Gasteiger partial charge in [-0.3, -0.25) is 5.43 Å². The van der Waals surface area contributed by atoms with Crippen molar-refractivity contribution in [3.05, 3.63) is 46.0 Å². The fourth-order valence-electron chi connectivity index (χ4n) is 1.44. The van der Waals surface area contributed by atoms with Crippen LogP contribution in [0.2, 0.25) is 0 Å². The molecule has 3 nitrogen and oxygen atoms in total. The molecule has 1 aromatic heterocycles. The van der Waals surface area contributed by atoms with Crippen molar-refractivity contribution in [2.75, 3.05) is 5.43 Å². The molecule has 0 unspecified atom stereocenters. The largest absolute Gasteiger partial charge is 0.419 e. The monoisotopic (exact) mass is 321 g/mol. The van der Waals surface area contributed by atoms with Gasteiger partial charge < -0.3 is 0 Å². The number of hydrazone groups is 1. The molecule has 1 aromatic carbocycles. The highest BCUT2D eigenvalue weighted by molar-refractivity contribution is 7.13. The molecular formula is C12H8F5N3S. The van der Waals surface area contributed by atoms with Crippen LogP contribution in [0, 0.1) is 18.6 Å². The number of nitrogens with zero attached hydrogens (tertiary/aromatic N) is 2. The Morgan fingerprint density at radius 3 is 2.52 bits per heavy atom. The molecule has 1 heterocycles. The maximum atomic E-state index is 13.4. The van der Waals surface area contributed by atoms with Crippen LogP contribution in [0.15, 0.2) is 22.6 Å². The number of aromatic nitrogens is 1. The molecule has 0 amide bonds. The maximum absolute atomic E-state index is 13.4. The predicted molar refractivity (Wildman–Crippen MR) is 69.4 cm³/mol. The minimum absolute atomic E-state index is 0.178. The molecule has 0 spiro atoms. The summed E-state index contributed by atoms with van der Waals surface area (Å²) in [7, 11) is 0. The van der Waals surface area contributed by atoms with Gasteiger partial charge in [0.2, 0.25) is 5.13 Å². The van der Waals surface area contributed by atoms with Crippen LogP contribution in [-0.2, 0) is 6.18 Å². The Hall–Kier alpha value is -2.03. The minimum Gasteiger partial charge on any atom is -0.253 e. The van der Waals surface area contributed by atoms with E-state index in [1.54, 1.807) is 12.3 Å². The van der Waals surface area contributed by atoms with Crippen LogP contribution >= 0.6 is 11.3 Å². The van der Waals surface area contributed by atoms with Gasteiger partial charge in [0.25, 0.3) is 0 Å². The maximum Gasteiger partial charge on any atom is 0.419 e. The van der Waals surface area contributed by atoms with Crippen molar-refractivity contribution in [1.29, 1.82) is 0 Å². The molecule has 0 bridgehead atoms. The highest BCUT2D eigenvalue weighted by Gasteiger charge is 2.34. The molecular weight excluding hydrogens is 313 g/mol. The number of aryl methyl sites for hydroxylation is 1. The lowest BCUT2D eigenvalue weighted by atomic mass is 10.1. The number of thiazole rings is 1. The lowest BCUT2D eigenvalue weighted by Gasteiger charge is -2.09. The summed E-state index contributed by atoms with van der Waals surface area (Å²) < 4.78 is 64.1. The average Bonchev–Trinajstić information content (AvgIpc) is 2.76. The van der Waals surface area contributed by atoms with Crippen molar-refractivity contribution in [1.82, 2.24) is 4.98 Å². The van der Waals surface area contributed by atoms with E-state index < -0.39 is 28.9 Å². The Balaban J connectivity index is 2.23. The van der Waals surface area contributed by atoms with E-state index >= 15 is 0 Å². The molecule has 21 heavy (non-hydrogen) atoms. The van der Waals surface area contributed by atoms with E-state index in [0.717, 1.165) is 11.9 Å².